The van der Waals surface area contributed by atoms with Crippen LogP contribution in [0.25, 0.3) is 0 Å². The molecule has 8 heteroatoms. The summed E-state index contributed by atoms with van der Waals surface area (Å²) in [4.78, 5) is 0. The number of alkyl halides is 3. The molecule has 0 aliphatic carbocycles. The molecular formula is C13H10ClF3N4. The summed E-state index contributed by atoms with van der Waals surface area (Å²) in [6.45, 7) is 1.64. The third-order valence-electron chi connectivity index (χ3n) is 2.82. The lowest BCUT2D eigenvalue weighted by Gasteiger charge is -2.12. The summed E-state index contributed by atoms with van der Waals surface area (Å²) in [5.41, 5.74) is 0.0239. The predicted octanol–water partition coefficient (Wildman–Crippen LogP) is 4.02. The van der Waals surface area contributed by atoms with Gasteiger partial charge in [0.2, 0.25) is 0 Å². The Morgan fingerprint density at radius 1 is 1.33 bits per heavy atom. The van der Waals surface area contributed by atoms with E-state index >= 15 is 0 Å². The Bertz CT molecular complexity index is 728. The summed E-state index contributed by atoms with van der Waals surface area (Å²) in [5.74, 6) is 0.311. The van der Waals surface area contributed by atoms with E-state index in [1.54, 1.807) is 14.0 Å². The van der Waals surface area contributed by atoms with Crippen molar-refractivity contribution < 1.29 is 13.2 Å². The van der Waals surface area contributed by atoms with Crippen molar-refractivity contribution in [1.29, 1.82) is 5.26 Å². The minimum Gasteiger partial charge on any atom is -0.339 e. The molecule has 0 aliphatic heterocycles. The Morgan fingerprint density at radius 2 is 2.00 bits per heavy atom. The van der Waals surface area contributed by atoms with Gasteiger partial charge in [0.05, 0.1) is 11.3 Å². The number of rotatable bonds is 2. The van der Waals surface area contributed by atoms with E-state index in [-0.39, 0.29) is 16.3 Å². The van der Waals surface area contributed by atoms with Gasteiger partial charge in [0.1, 0.15) is 17.5 Å². The Hall–Kier alpha value is -2.20. The lowest BCUT2D eigenvalue weighted by atomic mass is 10.2. The minimum atomic E-state index is -4.50. The number of hydrogen-bond donors (Lipinski definition) is 1. The maximum absolute atomic E-state index is 12.8. The number of hydrogen-bond acceptors (Lipinski definition) is 3. The van der Waals surface area contributed by atoms with Crippen LogP contribution in [0.4, 0.5) is 24.7 Å². The van der Waals surface area contributed by atoms with E-state index in [0.717, 1.165) is 12.1 Å². The molecule has 0 atom stereocenters. The SMILES string of the molecule is Cc1nn(C)c(Nc2cc(Cl)cc(C(F)(F)F)c2)c1C#N. The Balaban J connectivity index is 2.46. The fraction of sp³-hybridized carbons (Fsp3) is 0.231. The van der Waals surface area contributed by atoms with E-state index < -0.39 is 11.7 Å². The van der Waals surface area contributed by atoms with Crippen molar-refractivity contribution in [2.45, 2.75) is 13.1 Å². The van der Waals surface area contributed by atoms with Crippen LogP contribution in [0.2, 0.25) is 5.02 Å². The van der Waals surface area contributed by atoms with Crippen molar-refractivity contribution in [3.8, 4) is 6.07 Å². The summed E-state index contributed by atoms with van der Waals surface area (Å²) in [6, 6.07) is 5.08. The number of aryl methyl sites for hydroxylation is 2. The molecule has 4 nitrogen and oxygen atoms in total. The molecule has 1 aromatic carbocycles. The second-order valence-electron chi connectivity index (χ2n) is 4.40. The van der Waals surface area contributed by atoms with Crippen LogP contribution in [0.3, 0.4) is 0 Å². The van der Waals surface area contributed by atoms with E-state index in [0.29, 0.717) is 11.5 Å². The number of nitriles is 1. The Kier molecular flexibility index (Phi) is 3.83. The molecule has 2 aromatic rings. The maximum Gasteiger partial charge on any atom is 0.416 e. The molecule has 110 valence electrons. The average molecular weight is 315 g/mol. The molecule has 1 aromatic heterocycles. The minimum absolute atomic E-state index is 0.0512. The van der Waals surface area contributed by atoms with Gasteiger partial charge in [-0.2, -0.15) is 23.5 Å². The average Bonchev–Trinajstić information content (AvgIpc) is 2.62. The topological polar surface area (TPSA) is 53.6 Å². The van der Waals surface area contributed by atoms with Crippen LogP contribution in [-0.2, 0) is 13.2 Å². The second kappa shape index (κ2) is 5.30. The first kappa shape index (κ1) is 15.2. The summed E-state index contributed by atoms with van der Waals surface area (Å²) < 4.78 is 39.7. The zero-order chi connectivity index (χ0) is 15.8. The molecule has 1 heterocycles. The highest BCUT2D eigenvalue weighted by molar-refractivity contribution is 6.31. The van der Waals surface area contributed by atoms with Crippen molar-refractivity contribution in [2.75, 3.05) is 5.32 Å². The first-order valence-electron chi connectivity index (χ1n) is 5.81. The second-order valence-corrected chi connectivity index (χ2v) is 4.83. The van der Waals surface area contributed by atoms with E-state index in [4.69, 9.17) is 16.9 Å². The summed E-state index contributed by atoms with van der Waals surface area (Å²) >= 11 is 5.71. The van der Waals surface area contributed by atoms with Gasteiger partial charge >= 0.3 is 6.18 Å². The summed E-state index contributed by atoms with van der Waals surface area (Å²) in [6.07, 6.45) is -4.50. The zero-order valence-corrected chi connectivity index (χ0v) is 11.8. The highest BCUT2D eigenvalue weighted by Gasteiger charge is 2.31. The van der Waals surface area contributed by atoms with Crippen molar-refractivity contribution in [2.24, 2.45) is 7.05 Å². The monoisotopic (exact) mass is 314 g/mol. The fourth-order valence-corrected chi connectivity index (χ4v) is 2.13. The molecule has 0 radical (unpaired) electrons. The van der Waals surface area contributed by atoms with Gasteiger partial charge in [-0.3, -0.25) is 4.68 Å². The molecule has 0 unspecified atom stereocenters. The lowest BCUT2D eigenvalue weighted by molar-refractivity contribution is -0.137. The first-order valence-corrected chi connectivity index (χ1v) is 6.18. The zero-order valence-electron chi connectivity index (χ0n) is 11.1. The van der Waals surface area contributed by atoms with Crippen LogP contribution >= 0.6 is 11.6 Å². The van der Waals surface area contributed by atoms with Gasteiger partial charge in [-0.05, 0) is 25.1 Å². The molecule has 1 N–H and O–H groups in total. The highest BCUT2D eigenvalue weighted by Crippen LogP contribution is 2.34. The molecule has 0 amide bonds. The molecule has 0 saturated heterocycles. The lowest BCUT2D eigenvalue weighted by Crippen LogP contribution is -2.06. The van der Waals surface area contributed by atoms with Gasteiger partial charge in [-0.25, -0.2) is 0 Å². The number of aromatic nitrogens is 2. The van der Waals surface area contributed by atoms with E-state index in [1.807, 2.05) is 6.07 Å². The van der Waals surface area contributed by atoms with Gasteiger partial charge in [0.15, 0.2) is 0 Å². The smallest absolute Gasteiger partial charge is 0.339 e. The van der Waals surface area contributed by atoms with Crippen molar-refractivity contribution in [3.63, 3.8) is 0 Å². The molecule has 2 rings (SSSR count). The van der Waals surface area contributed by atoms with Gasteiger partial charge in [-0.1, -0.05) is 11.6 Å². The van der Waals surface area contributed by atoms with Crippen LogP contribution in [0.15, 0.2) is 18.2 Å². The van der Waals surface area contributed by atoms with Crippen LogP contribution in [0, 0.1) is 18.3 Å². The largest absolute Gasteiger partial charge is 0.416 e. The predicted molar refractivity (Wildman–Crippen MR) is 72.4 cm³/mol. The van der Waals surface area contributed by atoms with Crippen molar-refractivity contribution in [3.05, 3.63) is 40.0 Å². The number of nitrogens with zero attached hydrogens (tertiary/aromatic N) is 3. The van der Waals surface area contributed by atoms with Crippen LogP contribution in [0.1, 0.15) is 16.8 Å². The molecule has 0 bridgehead atoms. The van der Waals surface area contributed by atoms with Gasteiger partial charge < -0.3 is 5.32 Å². The summed E-state index contributed by atoms with van der Waals surface area (Å²) in [5, 5.41) is 15.8. The number of benzene rings is 1. The van der Waals surface area contributed by atoms with Gasteiger partial charge in [-0.15, -0.1) is 0 Å². The van der Waals surface area contributed by atoms with Crippen LogP contribution < -0.4 is 5.32 Å². The number of halogens is 4. The third-order valence-corrected chi connectivity index (χ3v) is 3.04. The van der Waals surface area contributed by atoms with Crippen molar-refractivity contribution in [1.82, 2.24) is 9.78 Å². The molecule has 0 aliphatic rings. The Labute approximate surface area is 123 Å². The number of nitrogens with one attached hydrogen (secondary N) is 1. The van der Waals surface area contributed by atoms with Gasteiger partial charge in [0, 0.05) is 17.8 Å². The number of anilines is 2. The standard InChI is InChI=1S/C13H10ClF3N4/c1-7-11(6-18)12(21(2)20-7)19-10-4-8(13(15,16)17)3-9(14)5-10/h3-5,19H,1-2H3. The highest BCUT2D eigenvalue weighted by atomic mass is 35.5. The normalized spacial score (nSPS) is 11.3. The maximum atomic E-state index is 12.8. The van der Waals surface area contributed by atoms with E-state index in [9.17, 15) is 13.2 Å². The first-order chi connectivity index (χ1) is 9.72. The van der Waals surface area contributed by atoms with Crippen molar-refractivity contribution >= 4 is 23.1 Å². The van der Waals surface area contributed by atoms with E-state index in [1.165, 1.54) is 10.7 Å². The van der Waals surface area contributed by atoms with Crippen LogP contribution in [-0.4, -0.2) is 9.78 Å². The van der Waals surface area contributed by atoms with Crippen LogP contribution in [0.5, 0.6) is 0 Å². The molecule has 0 fully saturated rings. The molecule has 0 spiro atoms. The molecular weight excluding hydrogens is 305 g/mol. The van der Waals surface area contributed by atoms with Gasteiger partial charge in [0.25, 0.3) is 0 Å². The van der Waals surface area contributed by atoms with E-state index in [2.05, 4.69) is 10.4 Å². The summed E-state index contributed by atoms with van der Waals surface area (Å²) in [7, 11) is 1.59. The quantitative estimate of drug-likeness (QED) is 0.911. The fourth-order valence-electron chi connectivity index (χ4n) is 1.90. The molecule has 21 heavy (non-hydrogen) atoms. The third kappa shape index (κ3) is 3.11. The molecule has 0 saturated carbocycles. The Morgan fingerprint density at radius 3 is 2.57 bits per heavy atom.